The third-order valence-electron chi connectivity index (χ3n) is 3.55. The lowest BCUT2D eigenvalue weighted by Crippen LogP contribution is -2.10. The van der Waals surface area contributed by atoms with Crippen molar-refractivity contribution >= 4 is 5.82 Å². The summed E-state index contributed by atoms with van der Waals surface area (Å²) in [6.07, 6.45) is 3.96. The standard InChI is InChI=1S/C15H16N2/c16-15-10-4-9-14(17-15)13-8-2-1-7-12(13)11-5-3-6-11/h1-2,4,7-11H,3,5-6H2,(H2,16,17). The summed E-state index contributed by atoms with van der Waals surface area (Å²) in [7, 11) is 0. The van der Waals surface area contributed by atoms with Gasteiger partial charge in [0.1, 0.15) is 5.82 Å². The van der Waals surface area contributed by atoms with Crippen LogP contribution in [0.4, 0.5) is 5.82 Å². The molecule has 1 fully saturated rings. The van der Waals surface area contributed by atoms with Crippen molar-refractivity contribution in [1.29, 1.82) is 0 Å². The van der Waals surface area contributed by atoms with Crippen LogP contribution in [0.1, 0.15) is 30.7 Å². The number of aromatic nitrogens is 1. The molecule has 1 aromatic heterocycles. The lowest BCUT2D eigenvalue weighted by atomic mass is 9.78. The first-order chi connectivity index (χ1) is 8.34. The molecule has 1 aliphatic rings. The van der Waals surface area contributed by atoms with Crippen molar-refractivity contribution in [3.8, 4) is 11.3 Å². The van der Waals surface area contributed by atoms with Crippen LogP contribution in [0.25, 0.3) is 11.3 Å². The third kappa shape index (κ3) is 1.91. The number of nitrogen functional groups attached to an aromatic ring is 1. The molecule has 17 heavy (non-hydrogen) atoms. The fraction of sp³-hybridized carbons (Fsp3) is 0.267. The quantitative estimate of drug-likeness (QED) is 0.846. The Labute approximate surface area is 102 Å². The summed E-state index contributed by atoms with van der Waals surface area (Å²) in [6, 6.07) is 14.4. The number of benzene rings is 1. The molecule has 1 aromatic carbocycles. The smallest absolute Gasteiger partial charge is 0.124 e. The first-order valence-electron chi connectivity index (χ1n) is 6.16. The highest BCUT2D eigenvalue weighted by Gasteiger charge is 2.22. The van der Waals surface area contributed by atoms with Gasteiger partial charge in [-0.15, -0.1) is 0 Å². The van der Waals surface area contributed by atoms with Crippen LogP contribution in [0, 0.1) is 0 Å². The summed E-state index contributed by atoms with van der Waals surface area (Å²) in [5, 5.41) is 0. The fourth-order valence-corrected chi connectivity index (χ4v) is 2.41. The van der Waals surface area contributed by atoms with Gasteiger partial charge >= 0.3 is 0 Å². The van der Waals surface area contributed by atoms with Crippen LogP contribution in [0.3, 0.4) is 0 Å². The predicted octanol–water partition coefficient (Wildman–Crippen LogP) is 3.60. The van der Waals surface area contributed by atoms with Gasteiger partial charge in [0.05, 0.1) is 5.69 Å². The average molecular weight is 224 g/mol. The lowest BCUT2D eigenvalue weighted by Gasteiger charge is -2.27. The molecule has 0 spiro atoms. The molecule has 86 valence electrons. The van der Waals surface area contributed by atoms with Gasteiger partial charge in [-0.05, 0) is 36.5 Å². The third-order valence-corrected chi connectivity index (χ3v) is 3.55. The molecule has 1 aliphatic carbocycles. The zero-order valence-corrected chi connectivity index (χ0v) is 9.76. The number of rotatable bonds is 2. The van der Waals surface area contributed by atoms with Gasteiger partial charge in [0.25, 0.3) is 0 Å². The van der Waals surface area contributed by atoms with Gasteiger partial charge in [0, 0.05) is 5.56 Å². The zero-order chi connectivity index (χ0) is 11.7. The molecule has 3 rings (SSSR count). The molecule has 0 radical (unpaired) electrons. The largest absolute Gasteiger partial charge is 0.384 e. The normalized spacial score (nSPS) is 15.5. The van der Waals surface area contributed by atoms with Gasteiger partial charge in [-0.1, -0.05) is 36.8 Å². The van der Waals surface area contributed by atoms with Crippen LogP contribution >= 0.6 is 0 Å². The maximum atomic E-state index is 5.76. The first kappa shape index (κ1) is 10.3. The number of nitrogens with zero attached hydrogens (tertiary/aromatic N) is 1. The Morgan fingerprint density at radius 3 is 2.53 bits per heavy atom. The van der Waals surface area contributed by atoms with E-state index < -0.39 is 0 Å². The average Bonchev–Trinajstić information content (AvgIpc) is 2.27. The highest BCUT2D eigenvalue weighted by Crippen LogP contribution is 2.40. The van der Waals surface area contributed by atoms with Crippen LogP contribution in [0.5, 0.6) is 0 Å². The number of hydrogen-bond acceptors (Lipinski definition) is 2. The number of nitrogens with two attached hydrogens (primary N) is 1. The minimum absolute atomic E-state index is 0.589. The van der Waals surface area contributed by atoms with Crippen LogP contribution in [-0.4, -0.2) is 4.98 Å². The van der Waals surface area contributed by atoms with Gasteiger partial charge in [0.15, 0.2) is 0 Å². The second-order valence-electron chi connectivity index (χ2n) is 4.66. The molecular formula is C15H16N2. The molecule has 1 saturated carbocycles. The summed E-state index contributed by atoms with van der Waals surface area (Å²) in [5.74, 6) is 1.31. The van der Waals surface area contributed by atoms with E-state index in [1.165, 1.54) is 30.4 Å². The maximum Gasteiger partial charge on any atom is 0.124 e. The van der Waals surface area contributed by atoms with E-state index in [1.54, 1.807) is 0 Å². The van der Waals surface area contributed by atoms with Crippen molar-refractivity contribution < 1.29 is 0 Å². The Hall–Kier alpha value is -1.83. The van der Waals surface area contributed by atoms with Gasteiger partial charge in [-0.25, -0.2) is 4.98 Å². The molecule has 1 heterocycles. The van der Waals surface area contributed by atoms with Gasteiger partial charge in [-0.2, -0.15) is 0 Å². The van der Waals surface area contributed by atoms with Gasteiger partial charge in [0.2, 0.25) is 0 Å². The van der Waals surface area contributed by atoms with Gasteiger partial charge < -0.3 is 5.73 Å². The number of pyridine rings is 1. The van der Waals surface area contributed by atoms with E-state index in [2.05, 4.69) is 29.2 Å². The molecule has 2 N–H and O–H groups in total. The van der Waals surface area contributed by atoms with E-state index >= 15 is 0 Å². The van der Waals surface area contributed by atoms with E-state index in [1.807, 2.05) is 18.2 Å². The Bertz CT molecular complexity index is 530. The van der Waals surface area contributed by atoms with Crippen LogP contribution in [0.15, 0.2) is 42.5 Å². The first-order valence-corrected chi connectivity index (χ1v) is 6.16. The minimum atomic E-state index is 0.589. The summed E-state index contributed by atoms with van der Waals surface area (Å²) >= 11 is 0. The molecular weight excluding hydrogens is 208 g/mol. The summed E-state index contributed by atoms with van der Waals surface area (Å²) in [4.78, 5) is 4.42. The van der Waals surface area contributed by atoms with Crippen molar-refractivity contribution in [2.75, 3.05) is 5.73 Å². The van der Waals surface area contributed by atoms with E-state index in [0.717, 1.165) is 11.6 Å². The minimum Gasteiger partial charge on any atom is -0.384 e. The molecule has 0 bridgehead atoms. The monoisotopic (exact) mass is 224 g/mol. The van der Waals surface area contributed by atoms with Crippen LogP contribution < -0.4 is 5.73 Å². The van der Waals surface area contributed by atoms with E-state index in [0.29, 0.717) is 5.82 Å². The van der Waals surface area contributed by atoms with Crippen molar-refractivity contribution in [3.63, 3.8) is 0 Å². The van der Waals surface area contributed by atoms with E-state index in [-0.39, 0.29) is 0 Å². The Kier molecular flexibility index (Phi) is 2.56. The number of hydrogen-bond donors (Lipinski definition) is 1. The predicted molar refractivity (Wildman–Crippen MR) is 70.7 cm³/mol. The van der Waals surface area contributed by atoms with Crippen molar-refractivity contribution in [2.24, 2.45) is 0 Å². The van der Waals surface area contributed by atoms with Crippen LogP contribution in [-0.2, 0) is 0 Å². The van der Waals surface area contributed by atoms with Crippen molar-refractivity contribution in [2.45, 2.75) is 25.2 Å². The summed E-state index contributed by atoms with van der Waals surface area (Å²) < 4.78 is 0. The summed E-state index contributed by atoms with van der Waals surface area (Å²) in [6.45, 7) is 0. The molecule has 0 aliphatic heterocycles. The van der Waals surface area contributed by atoms with Crippen molar-refractivity contribution in [3.05, 3.63) is 48.0 Å². The molecule has 0 atom stereocenters. The SMILES string of the molecule is Nc1cccc(-c2ccccc2C2CCC2)n1. The topological polar surface area (TPSA) is 38.9 Å². The second-order valence-corrected chi connectivity index (χ2v) is 4.66. The molecule has 0 unspecified atom stereocenters. The second kappa shape index (κ2) is 4.21. The fourth-order valence-electron chi connectivity index (χ4n) is 2.41. The Morgan fingerprint density at radius 1 is 1.00 bits per heavy atom. The molecule has 0 amide bonds. The zero-order valence-electron chi connectivity index (χ0n) is 9.76. The van der Waals surface area contributed by atoms with E-state index in [4.69, 9.17) is 5.73 Å². The summed E-state index contributed by atoms with van der Waals surface area (Å²) in [5.41, 5.74) is 9.42. The number of anilines is 1. The maximum absolute atomic E-state index is 5.76. The van der Waals surface area contributed by atoms with Crippen molar-refractivity contribution in [1.82, 2.24) is 4.98 Å². The van der Waals surface area contributed by atoms with E-state index in [9.17, 15) is 0 Å². The highest BCUT2D eigenvalue weighted by atomic mass is 14.8. The lowest BCUT2D eigenvalue weighted by molar-refractivity contribution is 0.420. The Balaban J connectivity index is 2.07. The molecule has 2 heteroatoms. The highest BCUT2D eigenvalue weighted by molar-refractivity contribution is 5.66. The van der Waals surface area contributed by atoms with Gasteiger partial charge in [-0.3, -0.25) is 0 Å². The molecule has 2 nitrogen and oxygen atoms in total. The van der Waals surface area contributed by atoms with Crippen LogP contribution in [0.2, 0.25) is 0 Å². The Morgan fingerprint density at radius 2 is 1.82 bits per heavy atom. The molecule has 0 saturated heterocycles. The molecule has 2 aromatic rings.